The van der Waals surface area contributed by atoms with E-state index in [1.54, 1.807) is 13.3 Å². The van der Waals surface area contributed by atoms with Gasteiger partial charge in [-0.1, -0.05) is 0 Å². The van der Waals surface area contributed by atoms with Gasteiger partial charge in [-0.2, -0.15) is 0 Å². The van der Waals surface area contributed by atoms with E-state index in [0.29, 0.717) is 0 Å². The first-order chi connectivity index (χ1) is 6.95. The van der Waals surface area contributed by atoms with Crippen LogP contribution in [0.15, 0.2) is 22.9 Å². The zero-order valence-corrected chi connectivity index (χ0v) is 10.9. The number of rotatable bonds is 4. The van der Waals surface area contributed by atoms with E-state index in [-0.39, 0.29) is 11.6 Å². The van der Waals surface area contributed by atoms with E-state index in [1.807, 2.05) is 26.1 Å². The second-order valence-electron chi connectivity index (χ2n) is 4.13. The molecule has 1 unspecified atom stereocenters. The van der Waals surface area contributed by atoms with Crippen LogP contribution in [-0.2, 0) is 11.2 Å². The van der Waals surface area contributed by atoms with Crippen LogP contribution < -0.4 is 5.73 Å². The molecule has 15 heavy (non-hydrogen) atoms. The Morgan fingerprint density at radius 1 is 1.53 bits per heavy atom. The van der Waals surface area contributed by atoms with Crippen molar-refractivity contribution in [3.05, 3.63) is 28.5 Å². The average Bonchev–Trinajstić information content (AvgIpc) is 2.17. The molecule has 0 amide bonds. The van der Waals surface area contributed by atoms with Crippen LogP contribution in [0.1, 0.15) is 19.4 Å². The minimum Gasteiger partial charge on any atom is -0.377 e. The summed E-state index contributed by atoms with van der Waals surface area (Å²) in [5, 5.41) is 0. The van der Waals surface area contributed by atoms with E-state index in [4.69, 9.17) is 10.5 Å². The SMILES string of the molecule is COC(C)(C)C(N)Cc1cncc(Br)c1. The summed E-state index contributed by atoms with van der Waals surface area (Å²) in [6, 6.07) is 1.98. The largest absolute Gasteiger partial charge is 0.377 e. The standard InChI is InChI=1S/C11H17BrN2O/c1-11(2,15-3)10(13)5-8-4-9(12)7-14-6-8/h4,6-7,10H,5,13H2,1-3H3. The molecule has 0 aliphatic carbocycles. The molecule has 1 rings (SSSR count). The highest BCUT2D eigenvalue weighted by Gasteiger charge is 2.25. The Morgan fingerprint density at radius 3 is 2.73 bits per heavy atom. The Balaban J connectivity index is 2.70. The van der Waals surface area contributed by atoms with Crippen molar-refractivity contribution in [2.24, 2.45) is 5.73 Å². The molecule has 1 aromatic heterocycles. The number of nitrogens with zero attached hydrogens (tertiary/aromatic N) is 1. The van der Waals surface area contributed by atoms with Crippen LogP contribution in [0.3, 0.4) is 0 Å². The van der Waals surface area contributed by atoms with Crippen molar-refractivity contribution in [1.29, 1.82) is 0 Å². The van der Waals surface area contributed by atoms with Gasteiger partial charge in [0.15, 0.2) is 0 Å². The average molecular weight is 273 g/mol. The zero-order chi connectivity index (χ0) is 11.5. The molecule has 2 N–H and O–H groups in total. The second-order valence-corrected chi connectivity index (χ2v) is 5.05. The number of hydrogen-bond donors (Lipinski definition) is 1. The lowest BCUT2D eigenvalue weighted by molar-refractivity contribution is 0.000787. The van der Waals surface area contributed by atoms with Crippen LogP contribution in [0.2, 0.25) is 0 Å². The van der Waals surface area contributed by atoms with E-state index in [2.05, 4.69) is 20.9 Å². The lowest BCUT2D eigenvalue weighted by Gasteiger charge is -2.30. The molecule has 0 fully saturated rings. The fourth-order valence-corrected chi connectivity index (χ4v) is 1.63. The molecule has 0 aromatic carbocycles. The Morgan fingerprint density at radius 2 is 2.20 bits per heavy atom. The summed E-state index contributed by atoms with van der Waals surface area (Å²) in [6.07, 6.45) is 4.35. The van der Waals surface area contributed by atoms with Gasteiger partial charge in [-0.15, -0.1) is 0 Å². The fraction of sp³-hybridized carbons (Fsp3) is 0.545. The van der Waals surface area contributed by atoms with Crippen molar-refractivity contribution >= 4 is 15.9 Å². The summed E-state index contributed by atoms with van der Waals surface area (Å²) >= 11 is 3.39. The van der Waals surface area contributed by atoms with E-state index < -0.39 is 0 Å². The third kappa shape index (κ3) is 3.55. The summed E-state index contributed by atoms with van der Waals surface area (Å²) in [4.78, 5) is 4.10. The molecule has 0 aliphatic rings. The molecule has 84 valence electrons. The molecule has 3 nitrogen and oxygen atoms in total. The van der Waals surface area contributed by atoms with E-state index in [1.165, 1.54) is 0 Å². The number of aromatic nitrogens is 1. The van der Waals surface area contributed by atoms with Gasteiger partial charge < -0.3 is 10.5 Å². The van der Waals surface area contributed by atoms with Crippen molar-refractivity contribution in [2.75, 3.05) is 7.11 Å². The van der Waals surface area contributed by atoms with Gasteiger partial charge in [0.2, 0.25) is 0 Å². The van der Waals surface area contributed by atoms with Gasteiger partial charge in [-0.25, -0.2) is 0 Å². The molecular weight excluding hydrogens is 256 g/mol. The summed E-state index contributed by atoms with van der Waals surface area (Å²) in [7, 11) is 1.68. The molecule has 1 atom stereocenters. The summed E-state index contributed by atoms with van der Waals surface area (Å²) in [5.41, 5.74) is 6.87. The molecule has 4 heteroatoms. The third-order valence-corrected chi connectivity index (χ3v) is 3.07. The van der Waals surface area contributed by atoms with Crippen molar-refractivity contribution < 1.29 is 4.74 Å². The molecule has 0 saturated heterocycles. The maximum Gasteiger partial charge on any atom is 0.0776 e. The minimum atomic E-state index is -0.317. The van der Waals surface area contributed by atoms with Gasteiger partial charge in [0.1, 0.15) is 0 Å². The number of ether oxygens (including phenoxy) is 1. The van der Waals surface area contributed by atoms with Crippen LogP contribution in [0.4, 0.5) is 0 Å². The highest BCUT2D eigenvalue weighted by molar-refractivity contribution is 9.10. The third-order valence-electron chi connectivity index (χ3n) is 2.64. The monoisotopic (exact) mass is 272 g/mol. The van der Waals surface area contributed by atoms with E-state index in [9.17, 15) is 0 Å². The summed E-state index contributed by atoms with van der Waals surface area (Å²) in [5.74, 6) is 0. The molecule has 1 aromatic rings. The predicted molar refractivity (Wildman–Crippen MR) is 64.7 cm³/mol. The van der Waals surface area contributed by atoms with Gasteiger partial charge in [0.25, 0.3) is 0 Å². The molecular formula is C11H17BrN2O. The first-order valence-corrected chi connectivity index (χ1v) is 5.65. The van der Waals surface area contributed by atoms with E-state index in [0.717, 1.165) is 16.5 Å². The van der Waals surface area contributed by atoms with Crippen LogP contribution in [0, 0.1) is 0 Å². The van der Waals surface area contributed by atoms with Gasteiger partial charge in [-0.05, 0) is 47.8 Å². The number of halogens is 1. The number of methoxy groups -OCH3 is 1. The van der Waals surface area contributed by atoms with Crippen molar-refractivity contribution in [2.45, 2.75) is 31.9 Å². The summed E-state index contributed by atoms with van der Waals surface area (Å²) in [6.45, 7) is 3.98. The maximum absolute atomic E-state index is 6.08. The second kappa shape index (κ2) is 5.05. The highest BCUT2D eigenvalue weighted by atomic mass is 79.9. The van der Waals surface area contributed by atoms with Gasteiger partial charge >= 0.3 is 0 Å². The van der Waals surface area contributed by atoms with Crippen LogP contribution in [0.5, 0.6) is 0 Å². The Bertz CT molecular complexity index is 328. The molecule has 0 aliphatic heterocycles. The maximum atomic E-state index is 6.08. The number of hydrogen-bond acceptors (Lipinski definition) is 3. The van der Waals surface area contributed by atoms with Gasteiger partial charge in [0, 0.05) is 30.0 Å². The predicted octanol–water partition coefficient (Wildman–Crippen LogP) is 2.14. The molecule has 0 bridgehead atoms. The lowest BCUT2D eigenvalue weighted by Crippen LogP contribution is -2.46. The molecule has 1 heterocycles. The number of nitrogens with two attached hydrogens (primary N) is 1. The molecule has 0 radical (unpaired) electrons. The summed E-state index contributed by atoms with van der Waals surface area (Å²) < 4.78 is 6.32. The Hall–Kier alpha value is -0.450. The zero-order valence-electron chi connectivity index (χ0n) is 9.33. The highest BCUT2D eigenvalue weighted by Crippen LogP contribution is 2.17. The lowest BCUT2D eigenvalue weighted by atomic mass is 9.94. The van der Waals surface area contributed by atoms with Crippen LogP contribution in [0.25, 0.3) is 0 Å². The van der Waals surface area contributed by atoms with E-state index >= 15 is 0 Å². The quantitative estimate of drug-likeness (QED) is 0.914. The van der Waals surface area contributed by atoms with Crippen LogP contribution >= 0.6 is 15.9 Å². The Labute approximate surface area is 99.2 Å². The van der Waals surface area contributed by atoms with Crippen LogP contribution in [-0.4, -0.2) is 23.7 Å². The van der Waals surface area contributed by atoms with Crippen molar-refractivity contribution in [3.63, 3.8) is 0 Å². The fourth-order valence-electron chi connectivity index (χ4n) is 1.22. The number of pyridine rings is 1. The van der Waals surface area contributed by atoms with Gasteiger partial charge in [0.05, 0.1) is 5.60 Å². The normalized spacial score (nSPS) is 13.9. The molecule has 0 spiro atoms. The smallest absolute Gasteiger partial charge is 0.0776 e. The van der Waals surface area contributed by atoms with Crippen molar-refractivity contribution in [1.82, 2.24) is 4.98 Å². The van der Waals surface area contributed by atoms with Crippen molar-refractivity contribution in [3.8, 4) is 0 Å². The minimum absolute atomic E-state index is 0.0430. The first kappa shape index (κ1) is 12.6. The Kier molecular flexibility index (Phi) is 4.25. The first-order valence-electron chi connectivity index (χ1n) is 4.86. The topological polar surface area (TPSA) is 48.1 Å². The van der Waals surface area contributed by atoms with Gasteiger partial charge in [-0.3, -0.25) is 4.98 Å². The molecule has 0 saturated carbocycles.